The Morgan fingerprint density at radius 1 is 1.10 bits per heavy atom. The Morgan fingerprint density at radius 2 is 1.74 bits per heavy atom. The lowest BCUT2D eigenvalue weighted by molar-refractivity contribution is -0.138. The largest absolute Gasteiger partial charge is 0.335 e. The van der Waals surface area contributed by atoms with Gasteiger partial charge in [0.15, 0.2) is 0 Å². The van der Waals surface area contributed by atoms with Gasteiger partial charge in [0.25, 0.3) is 0 Å². The van der Waals surface area contributed by atoms with Crippen molar-refractivity contribution in [1.29, 1.82) is 0 Å². The first-order valence-electron chi connectivity index (χ1n) is 10.6. The number of hydrogen-bond donors (Lipinski definition) is 0. The number of benzene rings is 2. The summed E-state index contributed by atoms with van der Waals surface area (Å²) < 4.78 is 41.6. The molecule has 0 aromatic heterocycles. The second kappa shape index (κ2) is 8.88. The molecule has 0 bridgehead atoms. The average molecular weight is 465 g/mol. The Bertz CT molecular complexity index is 1040. The van der Waals surface area contributed by atoms with E-state index in [1.807, 2.05) is 6.92 Å². The highest BCUT2D eigenvalue weighted by Crippen LogP contribution is 2.34. The maximum atomic E-state index is 14.3. The molecule has 1 aliphatic heterocycles. The van der Waals surface area contributed by atoms with Crippen molar-refractivity contribution in [1.82, 2.24) is 9.21 Å². The number of sulfonamides is 1. The number of rotatable bonds is 6. The van der Waals surface area contributed by atoms with Crippen LogP contribution in [0, 0.1) is 18.7 Å². The molecule has 0 unspecified atom stereocenters. The molecule has 0 spiro atoms. The lowest BCUT2D eigenvalue weighted by Crippen LogP contribution is -2.45. The van der Waals surface area contributed by atoms with E-state index >= 15 is 0 Å². The van der Waals surface area contributed by atoms with Crippen LogP contribution in [-0.4, -0.2) is 42.7 Å². The maximum absolute atomic E-state index is 14.3. The topological polar surface area (TPSA) is 57.7 Å². The van der Waals surface area contributed by atoms with Gasteiger partial charge in [0.1, 0.15) is 5.82 Å². The Balaban J connectivity index is 1.44. The van der Waals surface area contributed by atoms with E-state index in [-0.39, 0.29) is 29.3 Å². The van der Waals surface area contributed by atoms with Crippen LogP contribution < -0.4 is 0 Å². The van der Waals surface area contributed by atoms with E-state index in [1.165, 1.54) is 10.4 Å². The van der Waals surface area contributed by atoms with E-state index in [0.717, 1.165) is 18.4 Å². The van der Waals surface area contributed by atoms with E-state index in [0.29, 0.717) is 36.5 Å². The van der Waals surface area contributed by atoms with Gasteiger partial charge in [0.2, 0.25) is 15.9 Å². The van der Waals surface area contributed by atoms with Gasteiger partial charge in [0, 0.05) is 35.6 Å². The number of carbonyl (C=O) groups is 1. The quantitative estimate of drug-likeness (QED) is 0.637. The van der Waals surface area contributed by atoms with Crippen molar-refractivity contribution >= 4 is 27.5 Å². The predicted molar refractivity (Wildman–Crippen MR) is 118 cm³/mol. The first-order chi connectivity index (χ1) is 14.8. The Morgan fingerprint density at radius 3 is 2.32 bits per heavy atom. The summed E-state index contributed by atoms with van der Waals surface area (Å²) in [5.41, 5.74) is 1.34. The molecule has 1 amide bonds. The SMILES string of the molecule is Cc1ccc(S(=O)(=O)N2CCC(C(=O)N(Cc3c(F)cccc3Cl)C3CC3)CC2)cc1. The predicted octanol–water partition coefficient (Wildman–Crippen LogP) is 4.38. The minimum Gasteiger partial charge on any atom is -0.335 e. The zero-order valence-electron chi connectivity index (χ0n) is 17.4. The van der Waals surface area contributed by atoms with Crippen LogP contribution in [0.25, 0.3) is 0 Å². The first kappa shape index (κ1) is 22.2. The van der Waals surface area contributed by atoms with Crippen molar-refractivity contribution in [3.8, 4) is 0 Å². The van der Waals surface area contributed by atoms with Gasteiger partial charge in [-0.2, -0.15) is 4.31 Å². The summed E-state index contributed by atoms with van der Waals surface area (Å²) in [5.74, 6) is -0.713. The van der Waals surface area contributed by atoms with Crippen molar-refractivity contribution in [3.05, 3.63) is 64.4 Å². The molecule has 2 aromatic rings. The molecule has 1 aliphatic carbocycles. The number of piperidine rings is 1. The molecule has 1 heterocycles. The number of hydrogen-bond acceptors (Lipinski definition) is 3. The highest BCUT2D eigenvalue weighted by atomic mass is 35.5. The van der Waals surface area contributed by atoms with Gasteiger partial charge in [0.05, 0.1) is 11.4 Å². The van der Waals surface area contributed by atoms with Gasteiger partial charge >= 0.3 is 0 Å². The third-order valence-electron chi connectivity index (χ3n) is 6.12. The van der Waals surface area contributed by atoms with E-state index in [1.54, 1.807) is 41.3 Å². The van der Waals surface area contributed by atoms with Gasteiger partial charge in [-0.1, -0.05) is 35.4 Å². The normalized spacial score (nSPS) is 18.2. The van der Waals surface area contributed by atoms with Gasteiger partial charge < -0.3 is 4.90 Å². The van der Waals surface area contributed by atoms with Crippen LogP contribution in [0.4, 0.5) is 4.39 Å². The van der Waals surface area contributed by atoms with Crippen LogP contribution >= 0.6 is 11.6 Å². The zero-order valence-corrected chi connectivity index (χ0v) is 19.0. The fourth-order valence-electron chi connectivity index (χ4n) is 4.06. The minimum atomic E-state index is -3.57. The van der Waals surface area contributed by atoms with E-state index in [2.05, 4.69) is 0 Å². The lowest BCUT2D eigenvalue weighted by Gasteiger charge is -2.34. The minimum absolute atomic E-state index is 0.0331. The van der Waals surface area contributed by atoms with Crippen molar-refractivity contribution < 1.29 is 17.6 Å². The number of carbonyl (C=O) groups excluding carboxylic acids is 1. The first-order valence-corrected chi connectivity index (χ1v) is 12.4. The van der Waals surface area contributed by atoms with E-state index < -0.39 is 15.8 Å². The Kier molecular flexibility index (Phi) is 6.37. The average Bonchev–Trinajstić information content (AvgIpc) is 3.59. The molecule has 2 fully saturated rings. The number of aryl methyl sites for hydroxylation is 1. The molecule has 0 N–H and O–H groups in total. The standard InChI is InChI=1S/C23H26ClFN2O3S/c1-16-5-9-19(10-6-16)31(29,30)26-13-11-17(12-14-26)23(28)27(18-7-8-18)15-20-21(24)3-2-4-22(20)25/h2-6,9-10,17-18H,7-8,11-15H2,1H3. The molecular weight excluding hydrogens is 439 g/mol. The molecule has 8 heteroatoms. The zero-order chi connectivity index (χ0) is 22.2. The van der Waals surface area contributed by atoms with Crippen molar-refractivity contribution in [2.24, 2.45) is 5.92 Å². The summed E-state index contributed by atoms with van der Waals surface area (Å²) in [4.78, 5) is 15.3. The molecule has 4 rings (SSSR count). The molecule has 31 heavy (non-hydrogen) atoms. The maximum Gasteiger partial charge on any atom is 0.243 e. The lowest BCUT2D eigenvalue weighted by atomic mass is 9.96. The summed E-state index contributed by atoms with van der Waals surface area (Å²) in [5, 5.41) is 0.317. The number of halogens is 2. The van der Waals surface area contributed by atoms with Crippen molar-refractivity contribution in [2.45, 2.75) is 50.1 Å². The van der Waals surface area contributed by atoms with Crippen LogP contribution in [0.1, 0.15) is 36.8 Å². The van der Waals surface area contributed by atoms with Crippen molar-refractivity contribution in [2.75, 3.05) is 13.1 Å². The van der Waals surface area contributed by atoms with Crippen LogP contribution in [-0.2, 0) is 21.4 Å². The van der Waals surface area contributed by atoms with Crippen LogP contribution in [0.5, 0.6) is 0 Å². The summed E-state index contributed by atoms with van der Waals surface area (Å²) >= 11 is 6.18. The molecule has 2 aromatic carbocycles. The summed E-state index contributed by atoms with van der Waals surface area (Å²) in [6, 6.07) is 11.4. The fraction of sp³-hybridized carbons (Fsp3) is 0.435. The van der Waals surface area contributed by atoms with Gasteiger partial charge in [-0.15, -0.1) is 0 Å². The van der Waals surface area contributed by atoms with E-state index in [4.69, 9.17) is 11.6 Å². The second-order valence-electron chi connectivity index (χ2n) is 8.39. The molecule has 5 nitrogen and oxygen atoms in total. The smallest absolute Gasteiger partial charge is 0.243 e. The molecule has 2 aliphatic rings. The highest BCUT2D eigenvalue weighted by molar-refractivity contribution is 7.89. The third-order valence-corrected chi connectivity index (χ3v) is 8.39. The number of nitrogens with zero attached hydrogens (tertiary/aromatic N) is 2. The van der Waals surface area contributed by atoms with Gasteiger partial charge in [-0.05, 0) is 56.9 Å². The summed E-state index contributed by atoms with van der Waals surface area (Å²) in [6.07, 6.45) is 2.72. The Hall–Kier alpha value is -1.96. The Labute approximate surface area is 187 Å². The van der Waals surface area contributed by atoms with E-state index in [9.17, 15) is 17.6 Å². The molecule has 166 valence electrons. The molecular formula is C23H26ClFN2O3S. The molecule has 0 atom stereocenters. The molecule has 0 radical (unpaired) electrons. The highest BCUT2D eigenvalue weighted by Gasteiger charge is 2.39. The fourth-order valence-corrected chi connectivity index (χ4v) is 5.76. The van der Waals surface area contributed by atoms with Crippen LogP contribution in [0.3, 0.4) is 0 Å². The molecule has 1 saturated carbocycles. The second-order valence-corrected chi connectivity index (χ2v) is 10.7. The molecule has 1 saturated heterocycles. The summed E-state index contributed by atoms with van der Waals surface area (Å²) in [7, 11) is -3.57. The monoisotopic (exact) mass is 464 g/mol. The van der Waals surface area contributed by atoms with Gasteiger partial charge in [-0.25, -0.2) is 12.8 Å². The van der Waals surface area contributed by atoms with Gasteiger partial charge in [-0.3, -0.25) is 4.79 Å². The van der Waals surface area contributed by atoms with Crippen LogP contribution in [0.15, 0.2) is 47.4 Å². The summed E-state index contributed by atoms with van der Waals surface area (Å²) in [6.45, 7) is 2.65. The van der Waals surface area contributed by atoms with Crippen LogP contribution in [0.2, 0.25) is 5.02 Å². The van der Waals surface area contributed by atoms with Crippen molar-refractivity contribution in [3.63, 3.8) is 0 Å². The third kappa shape index (κ3) is 4.78. The number of amides is 1.